The first-order valence-electron chi connectivity index (χ1n) is 8.71. The lowest BCUT2D eigenvalue weighted by Gasteiger charge is -2.02. The van der Waals surface area contributed by atoms with Crippen molar-refractivity contribution < 1.29 is 4.57 Å². The first kappa shape index (κ1) is 19.1. The lowest BCUT2D eigenvalue weighted by atomic mass is 10.0. The predicted octanol–water partition coefficient (Wildman–Crippen LogP) is 7.15. The van der Waals surface area contributed by atoms with Crippen LogP contribution >= 0.6 is 8.46 Å². The van der Waals surface area contributed by atoms with E-state index >= 15 is 0 Å². The molecule has 2 heteroatoms. The van der Waals surface area contributed by atoms with E-state index in [0.29, 0.717) is 8.46 Å². The average molecular weight is 286 g/mol. The molecule has 0 saturated heterocycles. The SMILES string of the molecule is CCCCCCCCCCCCCCCCCP=O. The molecule has 114 valence electrons. The van der Waals surface area contributed by atoms with Crippen LogP contribution in [0.4, 0.5) is 0 Å². The molecule has 0 radical (unpaired) electrons. The maximum Gasteiger partial charge on any atom is 0.155 e. The second-order valence-corrected chi connectivity index (χ2v) is 6.51. The van der Waals surface area contributed by atoms with Gasteiger partial charge >= 0.3 is 0 Å². The van der Waals surface area contributed by atoms with Crippen molar-refractivity contribution in [2.75, 3.05) is 6.16 Å². The summed E-state index contributed by atoms with van der Waals surface area (Å²) in [7, 11) is 0.328. The van der Waals surface area contributed by atoms with Crippen LogP contribution in [0.1, 0.15) is 103 Å². The molecule has 0 spiro atoms. The van der Waals surface area contributed by atoms with Gasteiger partial charge in [0.15, 0.2) is 8.46 Å². The molecule has 0 saturated carbocycles. The van der Waals surface area contributed by atoms with Crippen LogP contribution in [0.3, 0.4) is 0 Å². The second-order valence-electron chi connectivity index (χ2n) is 5.80. The van der Waals surface area contributed by atoms with Crippen molar-refractivity contribution in [2.45, 2.75) is 103 Å². The molecule has 0 aromatic rings. The topological polar surface area (TPSA) is 17.1 Å². The van der Waals surface area contributed by atoms with Gasteiger partial charge in [-0.3, -0.25) is 4.57 Å². The standard InChI is InChI=1S/C17H35OP/c1-2-3-4-5-6-7-8-9-10-11-12-13-14-15-16-17-19-18/h2-17H2,1H3. The number of hydrogen-bond acceptors (Lipinski definition) is 1. The molecule has 19 heavy (non-hydrogen) atoms. The van der Waals surface area contributed by atoms with Crippen LogP contribution in [0, 0.1) is 0 Å². The van der Waals surface area contributed by atoms with Gasteiger partial charge in [-0.1, -0.05) is 96.8 Å². The van der Waals surface area contributed by atoms with Gasteiger partial charge in [0.2, 0.25) is 0 Å². The van der Waals surface area contributed by atoms with Crippen molar-refractivity contribution in [3.8, 4) is 0 Å². The minimum Gasteiger partial charge on any atom is -0.275 e. The predicted molar refractivity (Wildman–Crippen MR) is 87.4 cm³/mol. The zero-order valence-corrected chi connectivity index (χ0v) is 14.1. The van der Waals surface area contributed by atoms with E-state index < -0.39 is 0 Å². The molecule has 0 atom stereocenters. The zero-order valence-electron chi connectivity index (χ0n) is 13.2. The van der Waals surface area contributed by atoms with Crippen LogP contribution in [0.2, 0.25) is 0 Å². The van der Waals surface area contributed by atoms with Crippen LogP contribution in [0.15, 0.2) is 0 Å². The summed E-state index contributed by atoms with van der Waals surface area (Å²) < 4.78 is 10.2. The summed E-state index contributed by atoms with van der Waals surface area (Å²) in [5.74, 6) is 0. The lowest BCUT2D eigenvalue weighted by Crippen LogP contribution is -1.83. The molecule has 1 nitrogen and oxygen atoms in total. The summed E-state index contributed by atoms with van der Waals surface area (Å²) in [5, 5.41) is 0. The van der Waals surface area contributed by atoms with Gasteiger partial charge in [0, 0.05) is 6.16 Å². The molecule has 0 aromatic heterocycles. The van der Waals surface area contributed by atoms with Crippen LogP contribution in [0.5, 0.6) is 0 Å². The van der Waals surface area contributed by atoms with Gasteiger partial charge in [-0.2, -0.15) is 0 Å². The fourth-order valence-electron chi connectivity index (χ4n) is 2.55. The first-order valence-corrected chi connectivity index (χ1v) is 9.70. The van der Waals surface area contributed by atoms with Crippen molar-refractivity contribution in [1.29, 1.82) is 0 Å². The largest absolute Gasteiger partial charge is 0.275 e. The molecule has 0 aliphatic rings. The van der Waals surface area contributed by atoms with E-state index in [1.807, 2.05) is 0 Å². The highest BCUT2D eigenvalue weighted by molar-refractivity contribution is 7.23. The Hall–Kier alpha value is 0.100. The molecule has 0 N–H and O–H groups in total. The molecule has 0 aromatic carbocycles. The van der Waals surface area contributed by atoms with E-state index in [0.717, 1.165) is 12.6 Å². The normalized spacial score (nSPS) is 11.2. The first-order chi connectivity index (χ1) is 9.41. The summed E-state index contributed by atoms with van der Waals surface area (Å²) in [6.07, 6.45) is 21.8. The molecule has 0 rings (SSSR count). The Bertz CT molecular complexity index is 171. The van der Waals surface area contributed by atoms with E-state index in [-0.39, 0.29) is 0 Å². The number of rotatable bonds is 16. The Labute approximate surface area is 123 Å². The van der Waals surface area contributed by atoms with Crippen molar-refractivity contribution in [3.63, 3.8) is 0 Å². The fraction of sp³-hybridized carbons (Fsp3) is 1.00. The summed E-state index contributed by atoms with van der Waals surface area (Å²) in [6, 6.07) is 0. The Kier molecular flexibility index (Phi) is 18.2. The van der Waals surface area contributed by atoms with Crippen LogP contribution < -0.4 is 0 Å². The minimum atomic E-state index is 0.328. The highest BCUT2D eigenvalue weighted by Crippen LogP contribution is 2.13. The Morgan fingerprint density at radius 2 is 0.842 bits per heavy atom. The van der Waals surface area contributed by atoms with E-state index in [1.165, 1.54) is 89.9 Å². The van der Waals surface area contributed by atoms with Crippen LogP contribution in [-0.4, -0.2) is 6.16 Å². The zero-order chi connectivity index (χ0) is 14.0. The smallest absolute Gasteiger partial charge is 0.155 e. The molecular weight excluding hydrogens is 251 g/mol. The van der Waals surface area contributed by atoms with Crippen LogP contribution in [0.25, 0.3) is 0 Å². The Morgan fingerprint density at radius 3 is 1.16 bits per heavy atom. The van der Waals surface area contributed by atoms with Crippen LogP contribution in [-0.2, 0) is 4.57 Å². The van der Waals surface area contributed by atoms with Crippen molar-refractivity contribution in [2.24, 2.45) is 0 Å². The van der Waals surface area contributed by atoms with E-state index in [9.17, 15) is 4.57 Å². The molecule has 0 aliphatic carbocycles. The molecular formula is C17H35OP. The Morgan fingerprint density at radius 1 is 0.526 bits per heavy atom. The van der Waals surface area contributed by atoms with Gasteiger partial charge < -0.3 is 0 Å². The summed E-state index contributed by atoms with van der Waals surface area (Å²) in [4.78, 5) is 0. The molecule has 0 bridgehead atoms. The van der Waals surface area contributed by atoms with E-state index in [2.05, 4.69) is 6.92 Å². The molecule has 0 heterocycles. The number of unbranched alkanes of at least 4 members (excludes halogenated alkanes) is 14. The van der Waals surface area contributed by atoms with Gasteiger partial charge in [0.25, 0.3) is 0 Å². The van der Waals surface area contributed by atoms with Gasteiger partial charge in [0.1, 0.15) is 0 Å². The third-order valence-electron chi connectivity index (χ3n) is 3.85. The second kappa shape index (κ2) is 18.1. The van der Waals surface area contributed by atoms with E-state index in [4.69, 9.17) is 0 Å². The van der Waals surface area contributed by atoms with Crippen molar-refractivity contribution in [3.05, 3.63) is 0 Å². The average Bonchev–Trinajstić information content (AvgIpc) is 2.43. The summed E-state index contributed by atoms with van der Waals surface area (Å²) in [6.45, 7) is 2.28. The quantitative estimate of drug-likeness (QED) is 0.217. The van der Waals surface area contributed by atoms with Crippen molar-refractivity contribution >= 4 is 8.46 Å². The highest BCUT2D eigenvalue weighted by atomic mass is 31.1. The van der Waals surface area contributed by atoms with Gasteiger partial charge in [0.05, 0.1) is 0 Å². The molecule has 0 amide bonds. The summed E-state index contributed by atoms with van der Waals surface area (Å²) in [5.41, 5.74) is 0. The molecule has 0 aliphatic heterocycles. The third kappa shape index (κ3) is 18.1. The highest BCUT2D eigenvalue weighted by Gasteiger charge is 1.94. The molecule has 0 fully saturated rings. The summed E-state index contributed by atoms with van der Waals surface area (Å²) >= 11 is 0. The van der Waals surface area contributed by atoms with Gasteiger partial charge in [-0.15, -0.1) is 0 Å². The van der Waals surface area contributed by atoms with Gasteiger partial charge in [-0.25, -0.2) is 0 Å². The lowest BCUT2D eigenvalue weighted by molar-refractivity contribution is 0.534. The monoisotopic (exact) mass is 286 g/mol. The minimum absolute atomic E-state index is 0.328. The number of hydrogen-bond donors (Lipinski definition) is 0. The third-order valence-corrected chi connectivity index (χ3v) is 4.35. The van der Waals surface area contributed by atoms with E-state index in [1.54, 1.807) is 0 Å². The van der Waals surface area contributed by atoms with Crippen molar-refractivity contribution in [1.82, 2.24) is 0 Å². The maximum atomic E-state index is 10.2. The fourth-order valence-corrected chi connectivity index (χ4v) is 2.90. The Balaban J connectivity index is 2.89. The maximum absolute atomic E-state index is 10.2. The van der Waals surface area contributed by atoms with Gasteiger partial charge in [-0.05, 0) is 6.42 Å². The molecule has 0 unspecified atom stereocenters.